The van der Waals surface area contributed by atoms with Gasteiger partial charge in [-0.05, 0) is 30.5 Å². The average Bonchev–Trinajstić information content (AvgIpc) is 2.17. The van der Waals surface area contributed by atoms with Crippen molar-refractivity contribution in [3.63, 3.8) is 0 Å². The van der Waals surface area contributed by atoms with Crippen molar-refractivity contribution in [2.45, 2.75) is 13.3 Å². The molecule has 84 valence electrons. The van der Waals surface area contributed by atoms with Crippen LogP contribution in [0.3, 0.4) is 0 Å². The number of halogens is 1. The SMILES string of the molecule is CC(CCO)CNc1ccc(Br)cc1N. The summed E-state index contributed by atoms with van der Waals surface area (Å²) >= 11 is 3.36. The van der Waals surface area contributed by atoms with Gasteiger partial charge in [-0.15, -0.1) is 0 Å². The number of rotatable bonds is 5. The van der Waals surface area contributed by atoms with Gasteiger partial charge in [-0.3, -0.25) is 0 Å². The van der Waals surface area contributed by atoms with E-state index >= 15 is 0 Å². The van der Waals surface area contributed by atoms with Crippen LogP contribution in [0.25, 0.3) is 0 Å². The Hall–Kier alpha value is -0.740. The third-order valence-electron chi connectivity index (χ3n) is 2.28. The summed E-state index contributed by atoms with van der Waals surface area (Å²) in [7, 11) is 0. The largest absolute Gasteiger partial charge is 0.397 e. The number of hydrogen-bond donors (Lipinski definition) is 3. The predicted octanol–water partition coefficient (Wildman–Crippen LogP) is 2.46. The van der Waals surface area contributed by atoms with Crippen LogP contribution in [-0.2, 0) is 0 Å². The van der Waals surface area contributed by atoms with Crippen LogP contribution in [-0.4, -0.2) is 18.3 Å². The number of hydrogen-bond acceptors (Lipinski definition) is 3. The molecule has 1 unspecified atom stereocenters. The van der Waals surface area contributed by atoms with Crippen LogP contribution in [0.15, 0.2) is 22.7 Å². The number of nitrogens with two attached hydrogens (primary N) is 1. The van der Waals surface area contributed by atoms with Gasteiger partial charge in [0, 0.05) is 17.6 Å². The molecule has 0 fully saturated rings. The molecule has 15 heavy (non-hydrogen) atoms. The van der Waals surface area contributed by atoms with Gasteiger partial charge in [-0.2, -0.15) is 0 Å². The molecule has 0 bridgehead atoms. The zero-order valence-electron chi connectivity index (χ0n) is 8.83. The normalized spacial score (nSPS) is 12.5. The van der Waals surface area contributed by atoms with Crippen molar-refractivity contribution in [2.75, 3.05) is 24.2 Å². The molecule has 0 aliphatic heterocycles. The highest BCUT2D eigenvalue weighted by atomic mass is 79.9. The minimum Gasteiger partial charge on any atom is -0.397 e. The molecule has 1 aromatic rings. The van der Waals surface area contributed by atoms with E-state index in [9.17, 15) is 0 Å². The van der Waals surface area contributed by atoms with Crippen molar-refractivity contribution in [2.24, 2.45) is 5.92 Å². The zero-order valence-corrected chi connectivity index (χ0v) is 10.4. The van der Waals surface area contributed by atoms with Crippen LogP contribution in [0.5, 0.6) is 0 Å². The van der Waals surface area contributed by atoms with Crippen LogP contribution >= 0.6 is 15.9 Å². The topological polar surface area (TPSA) is 58.3 Å². The van der Waals surface area contributed by atoms with Crippen molar-refractivity contribution in [3.8, 4) is 0 Å². The maximum Gasteiger partial charge on any atom is 0.0574 e. The molecule has 0 radical (unpaired) electrons. The summed E-state index contributed by atoms with van der Waals surface area (Å²) in [4.78, 5) is 0. The van der Waals surface area contributed by atoms with Gasteiger partial charge in [-0.25, -0.2) is 0 Å². The van der Waals surface area contributed by atoms with E-state index in [1.54, 1.807) is 0 Å². The number of aliphatic hydroxyl groups excluding tert-OH is 1. The highest BCUT2D eigenvalue weighted by Crippen LogP contribution is 2.23. The van der Waals surface area contributed by atoms with E-state index in [1.807, 2.05) is 18.2 Å². The summed E-state index contributed by atoms with van der Waals surface area (Å²) in [5, 5.41) is 12.0. The van der Waals surface area contributed by atoms with Crippen molar-refractivity contribution < 1.29 is 5.11 Å². The molecule has 0 heterocycles. The van der Waals surface area contributed by atoms with Crippen LogP contribution in [0.2, 0.25) is 0 Å². The van der Waals surface area contributed by atoms with E-state index in [4.69, 9.17) is 10.8 Å². The Balaban J connectivity index is 2.50. The smallest absolute Gasteiger partial charge is 0.0574 e. The Kier molecular flexibility index (Phi) is 4.91. The molecular weight excluding hydrogens is 256 g/mol. The van der Waals surface area contributed by atoms with Gasteiger partial charge < -0.3 is 16.2 Å². The van der Waals surface area contributed by atoms with E-state index in [1.165, 1.54) is 0 Å². The van der Waals surface area contributed by atoms with Crippen LogP contribution in [0, 0.1) is 5.92 Å². The van der Waals surface area contributed by atoms with E-state index in [2.05, 4.69) is 28.2 Å². The summed E-state index contributed by atoms with van der Waals surface area (Å²) in [5.41, 5.74) is 7.52. The molecular formula is C11H17BrN2O. The summed E-state index contributed by atoms with van der Waals surface area (Å²) in [6.45, 7) is 3.16. The van der Waals surface area contributed by atoms with E-state index < -0.39 is 0 Å². The minimum atomic E-state index is 0.235. The fraction of sp³-hybridized carbons (Fsp3) is 0.455. The van der Waals surface area contributed by atoms with Crippen molar-refractivity contribution >= 4 is 27.3 Å². The molecule has 0 saturated carbocycles. The molecule has 4 heteroatoms. The Morgan fingerprint density at radius 2 is 2.27 bits per heavy atom. The van der Waals surface area contributed by atoms with Crippen LogP contribution in [0.1, 0.15) is 13.3 Å². The Morgan fingerprint density at radius 1 is 1.53 bits per heavy atom. The fourth-order valence-corrected chi connectivity index (χ4v) is 1.68. The number of nitrogens with one attached hydrogen (secondary N) is 1. The Labute approximate surface area is 98.8 Å². The van der Waals surface area contributed by atoms with Gasteiger partial charge in [0.15, 0.2) is 0 Å². The summed E-state index contributed by atoms with van der Waals surface area (Å²) in [6.07, 6.45) is 0.809. The lowest BCUT2D eigenvalue weighted by molar-refractivity contribution is 0.266. The van der Waals surface area contributed by atoms with Gasteiger partial charge >= 0.3 is 0 Å². The fourth-order valence-electron chi connectivity index (χ4n) is 1.30. The Bertz CT molecular complexity index is 317. The lowest BCUT2D eigenvalue weighted by Crippen LogP contribution is -2.13. The first kappa shape index (κ1) is 12.3. The Morgan fingerprint density at radius 3 is 2.87 bits per heavy atom. The molecule has 3 nitrogen and oxygen atoms in total. The first-order valence-electron chi connectivity index (χ1n) is 5.03. The summed E-state index contributed by atoms with van der Waals surface area (Å²) in [5.74, 6) is 0.443. The molecule has 0 aromatic heterocycles. The molecule has 0 amide bonds. The third-order valence-corrected chi connectivity index (χ3v) is 2.77. The van der Waals surface area contributed by atoms with Crippen LogP contribution < -0.4 is 11.1 Å². The second-order valence-electron chi connectivity index (χ2n) is 3.73. The van der Waals surface area contributed by atoms with E-state index in [0.29, 0.717) is 5.92 Å². The van der Waals surface area contributed by atoms with Crippen molar-refractivity contribution in [1.29, 1.82) is 0 Å². The average molecular weight is 273 g/mol. The highest BCUT2D eigenvalue weighted by Gasteiger charge is 2.03. The molecule has 4 N–H and O–H groups in total. The van der Waals surface area contributed by atoms with Crippen LogP contribution in [0.4, 0.5) is 11.4 Å². The number of benzene rings is 1. The summed E-state index contributed by atoms with van der Waals surface area (Å²) in [6, 6.07) is 5.78. The van der Waals surface area contributed by atoms with E-state index in [-0.39, 0.29) is 6.61 Å². The molecule has 0 aliphatic rings. The second kappa shape index (κ2) is 5.98. The van der Waals surface area contributed by atoms with E-state index in [0.717, 1.165) is 28.8 Å². The molecule has 1 atom stereocenters. The van der Waals surface area contributed by atoms with Crippen molar-refractivity contribution in [1.82, 2.24) is 0 Å². The lowest BCUT2D eigenvalue weighted by Gasteiger charge is -2.13. The molecule has 1 rings (SSSR count). The second-order valence-corrected chi connectivity index (χ2v) is 4.65. The van der Waals surface area contributed by atoms with Gasteiger partial charge in [0.25, 0.3) is 0 Å². The number of anilines is 2. The highest BCUT2D eigenvalue weighted by molar-refractivity contribution is 9.10. The molecule has 1 aromatic carbocycles. The van der Waals surface area contributed by atoms with Gasteiger partial charge in [0.2, 0.25) is 0 Å². The van der Waals surface area contributed by atoms with Gasteiger partial charge in [-0.1, -0.05) is 22.9 Å². The molecule has 0 aliphatic carbocycles. The van der Waals surface area contributed by atoms with Crippen molar-refractivity contribution in [3.05, 3.63) is 22.7 Å². The summed E-state index contributed by atoms with van der Waals surface area (Å²) < 4.78 is 0.981. The predicted molar refractivity (Wildman–Crippen MR) is 67.9 cm³/mol. The molecule has 0 saturated heterocycles. The van der Waals surface area contributed by atoms with Gasteiger partial charge in [0.05, 0.1) is 11.4 Å². The minimum absolute atomic E-state index is 0.235. The molecule has 0 spiro atoms. The number of nitrogen functional groups attached to an aromatic ring is 1. The lowest BCUT2D eigenvalue weighted by atomic mass is 10.1. The maximum atomic E-state index is 8.77. The standard InChI is InChI=1S/C11H17BrN2O/c1-8(4-5-15)7-14-11-3-2-9(12)6-10(11)13/h2-3,6,8,14-15H,4-5,7,13H2,1H3. The first-order valence-corrected chi connectivity index (χ1v) is 5.82. The van der Waals surface area contributed by atoms with Gasteiger partial charge in [0.1, 0.15) is 0 Å². The number of aliphatic hydroxyl groups is 1. The first-order chi connectivity index (χ1) is 7.13. The third kappa shape index (κ3) is 4.10. The zero-order chi connectivity index (χ0) is 11.3. The monoisotopic (exact) mass is 272 g/mol. The maximum absolute atomic E-state index is 8.77. The quantitative estimate of drug-likeness (QED) is 0.722.